The summed E-state index contributed by atoms with van der Waals surface area (Å²) in [6.07, 6.45) is 3.30. The van der Waals surface area contributed by atoms with Gasteiger partial charge in [-0.05, 0) is 19.4 Å². The number of thioether (sulfide) groups is 1. The lowest BCUT2D eigenvalue weighted by molar-refractivity contribution is -0.121. The van der Waals surface area contributed by atoms with Gasteiger partial charge in [0.15, 0.2) is 0 Å². The molecule has 0 spiro atoms. The molecule has 2 aliphatic rings. The lowest BCUT2D eigenvalue weighted by atomic mass is 10.2. The van der Waals surface area contributed by atoms with E-state index in [-0.39, 0.29) is 5.91 Å². The van der Waals surface area contributed by atoms with Crippen LogP contribution in [-0.2, 0) is 4.79 Å². The number of hydrogen-bond acceptors (Lipinski definition) is 4. The summed E-state index contributed by atoms with van der Waals surface area (Å²) in [6, 6.07) is 1.16. The Morgan fingerprint density at radius 3 is 2.94 bits per heavy atom. The van der Waals surface area contributed by atoms with Gasteiger partial charge in [0.25, 0.3) is 0 Å². The zero-order chi connectivity index (χ0) is 12.8. The highest BCUT2D eigenvalue weighted by atomic mass is 32.2. The predicted molar refractivity (Wildman–Crippen MR) is 77.0 cm³/mol. The molecule has 1 aliphatic heterocycles. The van der Waals surface area contributed by atoms with Crippen molar-refractivity contribution in [3.05, 3.63) is 0 Å². The summed E-state index contributed by atoms with van der Waals surface area (Å²) in [5.74, 6) is 2.43. The Kier molecular flexibility index (Phi) is 5.79. The van der Waals surface area contributed by atoms with Crippen molar-refractivity contribution in [2.45, 2.75) is 38.3 Å². The molecule has 1 saturated carbocycles. The van der Waals surface area contributed by atoms with Crippen LogP contribution in [0.1, 0.15) is 26.2 Å². The summed E-state index contributed by atoms with van der Waals surface area (Å²) in [4.78, 5) is 14.3. The van der Waals surface area contributed by atoms with Gasteiger partial charge in [-0.3, -0.25) is 9.69 Å². The van der Waals surface area contributed by atoms with Gasteiger partial charge in [0, 0.05) is 49.6 Å². The van der Waals surface area contributed by atoms with Gasteiger partial charge in [0.1, 0.15) is 0 Å². The Labute approximate surface area is 114 Å². The molecule has 0 radical (unpaired) electrons. The summed E-state index contributed by atoms with van der Waals surface area (Å²) >= 11 is 1.94. The Bertz CT molecular complexity index is 265. The minimum absolute atomic E-state index is 0.196. The predicted octanol–water partition coefficient (Wildman–Crippen LogP) is 0.682. The molecule has 5 heteroatoms. The third-order valence-corrected chi connectivity index (χ3v) is 4.75. The number of nitrogens with one attached hydrogen (secondary N) is 2. The first kappa shape index (κ1) is 14.2. The van der Waals surface area contributed by atoms with Crippen LogP contribution in [0.25, 0.3) is 0 Å². The number of nitrogens with zero attached hydrogens (tertiary/aromatic N) is 1. The van der Waals surface area contributed by atoms with Gasteiger partial charge >= 0.3 is 0 Å². The number of carbonyl (C=O) groups excluding carboxylic acids is 1. The molecule has 104 valence electrons. The number of carbonyl (C=O) groups is 1. The molecule has 2 fully saturated rings. The third kappa shape index (κ3) is 4.78. The zero-order valence-electron chi connectivity index (χ0n) is 11.3. The Morgan fingerprint density at radius 1 is 1.50 bits per heavy atom. The van der Waals surface area contributed by atoms with Crippen LogP contribution in [0.15, 0.2) is 0 Å². The first-order valence-electron chi connectivity index (χ1n) is 7.11. The smallest absolute Gasteiger partial charge is 0.221 e. The van der Waals surface area contributed by atoms with Gasteiger partial charge in [0.05, 0.1) is 0 Å². The van der Waals surface area contributed by atoms with E-state index >= 15 is 0 Å². The average molecular weight is 271 g/mol. The van der Waals surface area contributed by atoms with E-state index in [2.05, 4.69) is 22.5 Å². The Morgan fingerprint density at radius 2 is 2.33 bits per heavy atom. The molecule has 0 bridgehead atoms. The molecule has 0 aromatic rings. The molecule has 1 atom stereocenters. The summed E-state index contributed by atoms with van der Waals surface area (Å²) < 4.78 is 0. The summed E-state index contributed by atoms with van der Waals surface area (Å²) in [5.41, 5.74) is 0. The number of likely N-dealkylation sites (N-methyl/N-ethyl adjacent to an activating group) is 1. The highest BCUT2D eigenvalue weighted by Crippen LogP contribution is 2.25. The lowest BCUT2D eigenvalue weighted by Gasteiger charge is -2.23. The Balaban J connectivity index is 1.56. The van der Waals surface area contributed by atoms with Crippen molar-refractivity contribution < 1.29 is 4.79 Å². The van der Waals surface area contributed by atoms with E-state index in [1.165, 1.54) is 18.6 Å². The molecule has 1 unspecified atom stereocenters. The summed E-state index contributed by atoms with van der Waals surface area (Å²) in [6.45, 7) is 6.13. The van der Waals surface area contributed by atoms with Crippen molar-refractivity contribution >= 4 is 17.7 Å². The molecule has 18 heavy (non-hydrogen) atoms. The molecule has 4 nitrogen and oxygen atoms in total. The van der Waals surface area contributed by atoms with E-state index < -0.39 is 0 Å². The highest BCUT2D eigenvalue weighted by molar-refractivity contribution is 7.99. The van der Waals surface area contributed by atoms with Gasteiger partial charge in [-0.2, -0.15) is 11.8 Å². The fraction of sp³-hybridized carbons (Fsp3) is 0.923. The molecule has 1 saturated heterocycles. The largest absolute Gasteiger partial charge is 0.355 e. The van der Waals surface area contributed by atoms with E-state index in [1.807, 2.05) is 11.8 Å². The van der Waals surface area contributed by atoms with Crippen molar-refractivity contribution in [1.82, 2.24) is 15.5 Å². The van der Waals surface area contributed by atoms with Crippen molar-refractivity contribution in [1.29, 1.82) is 0 Å². The number of rotatable bonds is 7. The first-order valence-corrected chi connectivity index (χ1v) is 8.27. The highest BCUT2D eigenvalue weighted by Gasteiger charge is 2.27. The maximum Gasteiger partial charge on any atom is 0.221 e. The van der Waals surface area contributed by atoms with Gasteiger partial charge in [0.2, 0.25) is 5.91 Å². The van der Waals surface area contributed by atoms with E-state index in [0.717, 1.165) is 38.0 Å². The van der Waals surface area contributed by atoms with Crippen LogP contribution in [0.4, 0.5) is 0 Å². The zero-order valence-corrected chi connectivity index (χ0v) is 12.1. The van der Waals surface area contributed by atoms with Crippen LogP contribution in [0.2, 0.25) is 0 Å². The molecule has 2 N–H and O–H groups in total. The molecule has 0 aromatic heterocycles. The standard InChI is InChI=1S/C13H25N3OS/c1-2-16(12-3-4-12)7-5-15-13(17)9-11-10-18-8-6-14-11/h11-12,14H,2-10H2,1H3,(H,15,17). The molecule has 1 aliphatic carbocycles. The van der Waals surface area contributed by atoms with E-state index in [9.17, 15) is 4.79 Å². The van der Waals surface area contributed by atoms with Gasteiger partial charge < -0.3 is 10.6 Å². The van der Waals surface area contributed by atoms with E-state index in [0.29, 0.717) is 12.5 Å². The van der Waals surface area contributed by atoms with Crippen LogP contribution in [0.5, 0.6) is 0 Å². The topological polar surface area (TPSA) is 44.4 Å². The van der Waals surface area contributed by atoms with E-state index in [4.69, 9.17) is 0 Å². The molecule has 0 aromatic carbocycles. The van der Waals surface area contributed by atoms with E-state index in [1.54, 1.807) is 0 Å². The third-order valence-electron chi connectivity index (χ3n) is 3.62. The van der Waals surface area contributed by atoms with Crippen LogP contribution in [0, 0.1) is 0 Å². The molecule has 2 rings (SSSR count). The number of amides is 1. The maximum absolute atomic E-state index is 11.8. The summed E-state index contributed by atoms with van der Waals surface area (Å²) in [7, 11) is 0. The first-order chi connectivity index (χ1) is 8.79. The Hall–Kier alpha value is -0.260. The molecular weight excluding hydrogens is 246 g/mol. The van der Waals surface area contributed by atoms with Crippen molar-refractivity contribution in [2.75, 3.05) is 37.7 Å². The normalized spacial score (nSPS) is 24.2. The lowest BCUT2D eigenvalue weighted by Crippen LogP contribution is -2.42. The van der Waals surface area contributed by atoms with Gasteiger partial charge in [-0.15, -0.1) is 0 Å². The van der Waals surface area contributed by atoms with Crippen LogP contribution in [0.3, 0.4) is 0 Å². The number of hydrogen-bond donors (Lipinski definition) is 2. The molecule has 1 heterocycles. The van der Waals surface area contributed by atoms with Crippen molar-refractivity contribution in [3.8, 4) is 0 Å². The van der Waals surface area contributed by atoms with Crippen LogP contribution in [-0.4, -0.2) is 60.6 Å². The average Bonchev–Trinajstić information content (AvgIpc) is 3.20. The van der Waals surface area contributed by atoms with Gasteiger partial charge in [-0.25, -0.2) is 0 Å². The maximum atomic E-state index is 11.8. The minimum atomic E-state index is 0.196. The monoisotopic (exact) mass is 271 g/mol. The van der Waals surface area contributed by atoms with Crippen molar-refractivity contribution in [2.24, 2.45) is 0 Å². The fourth-order valence-electron chi connectivity index (χ4n) is 2.42. The molecular formula is C13H25N3OS. The SMILES string of the molecule is CCN(CCNC(=O)CC1CSCCN1)C1CC1. The van der Waals surface area contributed by atoms with Crippen LogP contribution < -0.4 is 10.6 Å². The van der Waals surface area contributed by atoms with Crippen molar-refractivity contribution in [3.63, 3.8) is 0 Å². The van der Waals surface area contributed by atoms with Gasteiger partial charge in [-0.1, -0.05) is 6.92 Å². The second-order valence-electron chi connectivity index (χ2n) is 5.14. The minimum Gasteiger partial charge on any atom is -0.355 e. The molecule has 1 amide bonds. The quantitative estimate of drug-likeness (QED) is 0.715. The second kappa shape index (κ2) is 7.36. The summed E-state index contributed by atoms with van der Waals surface area (Å²) in [5, 5.41) is 6.44. The second-order valence-corrected chi connectivity index (χ2v) is 6.29. The fourth-order valence-corrected chi connectivity index (χ4v) is 3.37. The van der Waals surface area contributed by atoms with Crippen LogP contribution >= 0.6 is 11.8 Å².